The molecule has 2 atom stereocenters. The molecule has 1 spiro atoms. The second-order valence-electron chi connectivity index (χ2n) is 13.3. The average Bonchev–Trinajstić information content (AvgIpc) is 3.32. The van der Waals surface area contributed by atoms with Crippen molar-refractivity contribution in [2.45, 2.75) is 78.6 Å². The van der Waals surface area contributed by atoms with Crippen molar-refractivity contribution in [3.8, 4) is 11.6 Å². The SMILES string of the molecule is CC(C)[C@H](C[C@H](O)CN(C)C)N1CC2(CCN(c3ncnnc3Oc3ccc(F)cc3C(=O)N(C(C)C)C(C)C)C2)C1. The largest absolute Gasteiger partial charge is 0.434 e. The molecular formula is C31H48FN7O3. The summed E-state index contributed by atoms with van der Waals surface area (Å²) in [5.41, 5.74) is 0.270. The van der Waals surface area contributed by atoms with Crippen LogP contribution in [0.3, 0.4) is 0 Å². The molecule has 42 heavy (non-hydrogen) atoms. The molecule has 2 saturated heterocycles. The Morgan fingerprint density at radius 1 is 1.12 bits per heavy atom. The Morgan fingerprint density at radius 3 is 2.43 bits per heavy atom. The summed E-state index contributed by atoms with van der Waals surface area (Å²) in [6.45, 7) is 16.4. The van der Waals surface area contributed by atoms with Crippen LogP contribution in [-0.2, 0) is 0 Å². The molecule has 3 heterocycles. The number of likely N-dealkylation sites (N-methyl/N-ethyl adjacent to an activating group) is 1. The van der Waals surface area contributed by atoms with Gasteiger partial charge in [-0.15, -0.1) is 10.2 Å². The van der Waals surface area contributed by atoms with Gasteiger partial charge in [0.25, 0.3) is 11.8 Å². The predicted octanol–water partition coefficient (Wildman–Crippen LogP) is 3.91. The van der Waals surface area contributed by atoms with Crippen molar-refractivity contribution < 1.29 is 19.0 Å². The summed E-state index contributed by atoms with van der Waals surface area (Å²) in [7, 11) is 3.97. The van der Waals surface area contributed by atoms with Gasteiger partial charge in [0.05, 0.1) is 11.7 Å². The van der Waals surface area contributed by atoms with Crippen LogP contribution < -0.4 is 9.64 Å². The van der Waals surface area contributed by atoms with Crippen LogP contribution in [0.25, 0.3) is 0 Å². The van der Waals surface area contributed by atoms with Crippen molar-refractivity contribution in [2.24, 2.45) is 11.3 Å². The minimum absolute atomic E-state index is 0.0725. The van der Waals surface area contributed by atoms with Gasteiger partial charge in [0.15, 0.2) is 5.82 Å². The van der Waals surface area contributed by atoms with Gasteiger partial charge in [-0.3, -0.25) is 9.69 Å². The normalized spacial score (nSPS) is 18.3. The molecule has 4 rings (SSSR count). The molecule has 232 valence electrons. The Morgan fingerprint density at radius 2 is 1.81 bits per heavy atom. The summed E-state index contributed by atoms with van der Waals surface area (Å²) < 4.78 is 20.5. The molecule has 2 aliphatic heterocycles. The Bertz CT molecular complexity index is 1210. The van der Waals surface area contributed by atoms with Crippen LogP contribution >= 0.6 is 0 Å². The van der Waals surface area contributed by atoms with E-state index in [2.05, 4.69) is 38.8 Å². The molecule has 0 radical (unpaired) electrons. The van der Waals surface area contributed by atoms with Crippen molar-refractivity contribution in [3.05, 3.63) is 35.9 Å². The van der Waals surface area contributed by atoms with Gasteiger partial charge in [0, 0.05) is 56.3 Å². The molecule has 1 N–H and O–H groups in total. The van der Waals surface area contributed by atoms with Gasteiger partial charge in [-0.05, 0) is 78.7 Å². The number of carbonyl (C=O) groups excluding carboxylic acids is 1. The van der Waals surface area contributed by atoms with E-state index >= 15 is 0 Å². The third-order valence-electron chi connectivity index (χ3n) is 8.44. The lowest BCUT2D eigenvalue weighted by Gasteiger charge is -2.53. The van der Waals surface area contributed by atoms with Crippen LogP contribution in [0.5, 0.6) is 11.6 Å². The molecule has 0 saturated carbocycles. The maximum absolute atomic E-state index is 14.3. The first kappa shape index (κ1) is 32.0. The fraction of sp³-hybridized carbons (Fsp3) is 0.677. The van der Waals surface area contributed by atoms with Crippen molar-refractivity contribution in [1.29, 1.82) is 0 Å². The zero-order chi connectivity index (χ0) is 30.8. The van der Waals surface area contributed by atoms with Crippen molar-refractivity contribution >= 4 is 11.7 Å². The number of anilines is 1. The fourth-order valence-electron chi connectivity index (χ4n) is 6.65. The van der Waals surface area contributed by atoms with Gasteiger partial charge in [-0.2, -0.15) is 0 Å². The monoisotopic (exact) mass is 585 g/mol. The van der Waals surface area contributed by atoms with Crippen LogP contribution in [-0.4, -0.2) is 112 Å². The fourth-order valence-corrected chi connectivity index (χ4v) is 6.65. The zero-order valence-electron chi connectivity index (χ0n) is 26.4. The molecule has 2 fully saturated rings. The quantitative estimate of drug-likeness (QED) is 0.398. The minimum atomic E-state index is -0.513. The van der Waals surface area contributed by atoms with Crippen LogP contribution in [0.1, 0.15) is 64.7 Å². The summed E-state index contributed by atoms with van der Waals surface area (Å²) in [6.07, 6.45) is 2.81. The van der Waals surface area contributed by atoms with E-state index in [1.165, 1.54) is 24.5 Å². The van der Waals surface area contributed by atoms with E-state index in [4.69, 9.17) is 4.74 Å². The number of hydrogen-bond acceptors (Lipinski definition) is 9. The second kappa shape index (κ2) is 13.2. The van der Waals surface area contributed by atoms with E-state index in [-0.39, 0.29) is 46.7 Å². The summed E-state index contributed by atoms with van der Waals surface area (Å²) in [5.74, 6) is 0.598. The van der Waals surface area contributed by atoms with Gasteiger partial charge in [0.2, 0.25) is 0 Å². The summed E-state index contributed by atoms with van der Waals surface area (Å²) in [5, 5.41) is 18.8. The lowest BCUT2D eigenvalue weighted by atomic mass is 9.76. The molecule has 2 aliphatic rings. The maximum Gasteiger partial charge on any atom is 0.282 e. The average molecular weight is 586 g/mol. The number of likely N-dealkylation sites (tertiary alicyclic amines) is 1. The first-order valence-corrected chi connectivity index (χ1v) is 15.1. The highest BCUT2D eigenvalue weighted by molar-refractivity contribution is 5.97. The number of aliphatic hydroxyl groups is 1. The summed E-state index contributed by atoms with van der Waals surface area (Å²) in [4.78, 5) is 26.4. The number of rotatable bonds is 12. The van der Waals surface area contributed by atoms with E-state index in [1.807, 2.05) is 46.7 Å². The second-order valence-corrected chi connectivity index (χ2v) is 13.3. The lowest BCUT2D eigenvalue weighted by Crippen LogP contribution is -2.62. The molecule has 0 aliphatic carbocycles. The lowest BCUT2D eigenvalue weighted by molar-refractivity contribution is -0.0476. The first-order valence-electron chi connectivity index (χ1n) is 15.1. The summed E-state index contributed by atoms with van der Waals surface area (Å²) in [6, 6.07) is 4.14. The van der Waals surface area contributed by atoms with Crippen LogP contribution in [0.4, 0.5) is 10.2 Å². The number of hydrogen-bond donors (Lipinski definition) is 1. The van der Waals surface area contributed by atoms with E-state index in [0.29, 0.717) is 24.3 Å². The molecule has 11 heteroatoms. The summed E-state index contributed by atoms with van der Waals surface area (Å²) >= 11 is 0. The molecule has 1 aromatic carbocycles. The molecule has 1 aromatic heterocycles. The Balaban J connectivity index is 1.49. The predicted molar refractivity (Wildman–Crippen MR) is 161 cm³/mol. The van der Waals surface area contributed by atoms with E-state index < -0.39 is 5.82 Å². The highest BCUT2D eigenvalue weighted by Gasteiger charge is 2.50. The number of ether oxygens (including phenoxy) is 1. The van der Waals surface area contributed by atoms with Gasteiger partial charge < -0.3 is 24.5 Å². The zero-order valence-corrected chi connectivity index (χ0v) is 26.4. The van der Waals surface area contributed by atoms with E-state index in [9.17, 15) is 14.3 Å². The number of nitrogens with zero attached hydrogens (tertiary/aromatic N) is 7. The third-order valence-corrected chi connectivity index (χ3v) is 8.44. The number of aliphatic hydroxyl groups excluding tert-OH is 1. The first-order chi connectivity index (χ1) is 19.8. The topological polar surface area (TPSA) is 98.2 Å². The minimum Gasteiger partial charge on any atom is -0.434 e. The van der Waals surface area contributed by atoms with Crippen molar-refractivity contribution in [3.63, 3.8) is 0 Å². The van der Waals surface area contributed by atoms with Gasteiger partial charge in [-0.25, -0.2) is 9.37 Å². The van der Waals surface area contributed by atoms with Crippen LogP contribution in [0.15, 0.2) is 24.5 Å². The van der Waals surface area contributed by atoms with Gasteiger partial charge in [0.1, 0.15) is 17.9 Å². The number of amides is 1. The molecule has 0 bridgehead atoms. The number of halogens is 1. The van der Waals surface area contributed by atoms with Crippen LogP contribution in [0.2, 0.25) is 0 Å². The number of benzene rings is 1. The Kier molecular flexibility index (Phi) is 10.1. The number of carbonyl (C=O) groups is 1. The van der Waals surface area contributed by atoms with E-state index in [1.54, 1.807) is 4.90 Å². The third kappa shape index (κ3) is 7.18. The maximum atomic E-state index is 14.3. The molecule has 0 unspecified atom stereocenters. The van der Waals surface area contributed by atoms with Crippen LogP contribution in [0, 0.1) is 17.2 Å². The standard InChI is InChI=1S/C31H48FN7O3/c1-20(2)26(14-24(40)15-36(7)8)38-17-31(18-38)11-12-37(16-31)28-29(35-34-19-33-28)42-27-10-9-23(32)13-25(27)30(41)39(21(3)4)22(5)6/h9-10,13,19-22,24,26,40H,11-12,14-18H2,1-8H3/t24-,26-/m0/s1. The van der Waals surface area contributed by atoms with E-state index in [0.717, 1.165) is 39.0 Å². The van der Waals surface area contributed by atoms with Crippen molar-refractivity contribution in [1.82, 2.24) is 29.9 Å². The number of aromatic nitrogens is 3. The highest BCUT2D eigenvalue weighted by Crippen LogP contribution is 2.44. The van der Waals surface area contributed by atoms with Crippen molar-refractivity contribution in [2.75, 3.05) is 51.7 Å². The molecule has 10 nitrogen and oxygen atoms in total. The molecule has 1 amide bonds. The van der Waals surface area contributed by atoms with Gasteiger partial charge >= 0.3 is 0 Å². The van der Waals surface area contributed by atoms with Gasteiger partial charge in [-0.1, -0.05) is 13.8 Å². The highest BCUT2D eigenvalue weighted by atomic mass is 19.1. The Hall–Kier alpha value is -2.89. The molecular weight excluding hydrogens is 537 g/mol. The molecule has 2 aromatic rings. The Labute approximate surface area is 249 Å². The smallest absolute Gasteiger partial charge is 0.282 e.